The molecule has 0 atom stereocenters. The topological polar surface area (TPSA) is 127 Å². The lowest BCUT2D eigenvalue weighted by atomic mass is 10.2. The van der Waals surface area contributed by atoms with Crippen LogP contribution in [0.5, 0.6) is 0 Å². The van der Waals surface area contributed by atoms with Gasteiger partial charge in [0.25, 0.3) is 0 Å². The van der Waals surface area contributed by atoms with Crippen LogP contribution >= 0.6 is 0 Å². The first-order valence-corrected chi connectivity index (χ1v) is 10.8. The SMILES string of the molecule is CCN(CC)CCNC(=O)Nc1cc(Nc2ccc3c(ccn3C(=O)NC)c2)c(C#N)cn1. The molecule has 172 valence electrons. The lowest BCUT2D eigenvalue weighted by Gasteiger charge is -2.18. The molecule has 10 heteroatoms. The van der Waals surface area contributed by atoms with Gasteiger partial charge in [0.2, 0.25) is 0 Å². The standard InChI is InChI=1S/C23H28N8O2/c1-4-30(5-2)11-9-26-22(32)29-21-13-19(17(14-24)15-27-21)28-18-6-7-20-16(12-18)8-10-31(20)23(33)25-3/h6-8,10,12-13,15H,4-5,9,11H2,1-3H3,(H,25,33)(H3,26,27,28,29,32). The molecule has 0 aliphatic heterocycles. The van der Waals surface area contributed by atoms with Crippen LogP contribution in [0.3, 0.4) is 0 Å². The molecule has 33 heavy (non-hydrogen) atoms. The van der Waals surface area contributed by atoms with Gasteiger partial charge in [-0.25, -0.2) is 14.6 Å². The number of rotatable bonds is 8. The van der Waals surface area contributed by atoms with Crippen LogP contribution < -0.4 is 21.3 Å². The smallest absolute Gasteiger partial charge is 0.325 e. The molecule has 3 rings (SSSR count). The van der Waals surface area contributed by atoms with E-state index in [9.17, 15) is 14.9 Å². The van der Waals surface area contributed by atoms with Crippen LogP contribution in [0.25, 0.3) is 10.9 Å². The van der Waals surface area contributed by atoms with E-state index in [0.717, 1.165) is 36.2 Å². The van der Waals surface area contributed by atoms with Crippen molar-refractivity contribution < 1.29 is 9.59 Å². The molecule has 0 unspecified atom stereocenters. The van der Waals surface area contributed by atoms with E-state index in [4.69, 9.17) is 0 Å². The van der Waals surface area contributed by atoms with E-state index in [0.29, 0.717) is 23.6 Å². The second kappa shape index (κ2) is 11.0. The fourth-order valence-electron chi connectivity index (χ4n) is 3.42. The third-order valence-electron chi connectivity index (χ3n) is 5.28. The van der Waals surface area contributed by atoms with Crippen LogP contribution in [-0.2, 0) is 0 Å². The van der Waals surface area contributed by atoms with Crippen molar-refractivity contribution in [1.82, 2.24) is 25.1 Å². The average Bonchev–Trinajstić information content (AvgIpc) is 3.25. The highest BCUT2D eigenvalue weighted by Gasteiger charge is 2.11. The summed E-state index contributed by atoms with van der Waals surface area (Å²) in [4.78, 5) is 30.5. The molecule has 0 aliphatic carbocycles. The Kier molecular flexibility index (Phi) is 7.83. The minimum absolute atomic E-state index is 0.224. The van der Waals surface area contributed by atoms with Gasteiger partial charge in [-0.05, 0) is 37.4 Å². The van der Waals surface area contributed by atoms with Crippen molar-refractivity contribution in [3.63, 3.8) is 0 Å². The first-order valence-electron chi connectivity index (χ1n) is 10.8. The third-order valence-corrected chi connectivity index (χ3v) is 5.28. The summed E-state index contributed by atoms with van der Waals surface area (Å²) in [6.45, 7) is 7.29. The number of fused-ring (bicyclic) bond motifs is 1. The monoisotopic (exact) mass is 448 g/mol. The Balaban J connectivity index is 1.71. The Morgan fingerprint density at radius 3 is 2.67 bits per heavy atom. The number of amides is 3. The van der Waals surface area contributed by atoms with Crippen LogP contribution in [0.2, 0.25) is 0 Å². The van der Waals surface area contributed by atoms with Crippen LogP contribution in [0.15, 0.2) is 42.7 Å². The molecule has 0 bridgehead atoms. The zero-order valence-corrected chi connectivity index (χ0v) is 19.0. The third kappa shape index (κ3) is 5.78. The Hall–Kier alpha value is -4.10. The van der Waals surface area contributed by atoms with E-state index in [-0.39, 0.29) is 12.1 Å². The van der Waals surface area contributed by atoms with Gasteiger partial charge < -0.3 is 20.9 Å². The summed E-state index contributed by atoms with van der Waals surface area (Å²) in [5.74, 6) is 0.323. The number of benzene rings is 1. The van der Waals surface area contributed by atoms with Gasteiger partial charge in [0.15, 0.2) is 0 Å². The van der Waals surface area contributed by atoms with Gasteiger partial charge in [-0.15, -0.1) is 0 Å². The van der Waals surface area contributed by atoms with Gasteiger partial charge in [0.05, 0.1) is 16.8 Å². The van der Waals surface area contributed by atoms with Crippen molar-refractivity contribution >= 4 is 40.2 Å². The summed E-state index contributed by atoms with van der Waals surface area (Å²) in [6, 6.07) is 10.5. The molecule has 2 heterocycles. The van der Waals surface area contributed by atoms with Crippen LogP contribution in [0, 0.1) is 11.3 Å². The quantitative estimate of drug-likeness (QED) is 0.419. The molecule has 0 radical (unpaired) electrons. The molecule has 2 aromatic heterocycles. The van der Waals surface area contributed by atoms with Crippen molar-refractivity contribution in [2.24, 2.45) is 0 Å². The lowest BCUT2D eigenvalue weighted by Crippen LogP contribution is -2.37. The van der Waals surface area contributed by atoms with Crippen LogP contribution in [-0.4, -0.2) is 59.7 Å². The molecule has 3 aromatic rings. The highest BCUT2D eigenvalue weighted by atomic mass is 16.2. The van der Waals surface area contributed by atoms with Gasteiger partial charge in [-0.3, -0.25) is 9.88 Å². The van der Waals surface area contributed by atoms with E-state index in [1.54, 1.807) is 19.3 Å². The van der Waals surface area contributed by atoms with Crippen molar-refractivity contribution in [1.29, 1.82) is 5.26 Å². The number of pyridine rings is 1. The first-order chi connectivity index (χ1) is 16.0. The number of aromatic nitrogens is 2. The summed E-state index contributed by atoms with van der Waals surface area (Å²) in [5.41, 5.74) is 2.34. The van der Waals surface area contributed by atoms with Gasteiger partial charge in [0.1, 0.15) is 11.9 Å². The average molecular weight is 449 g/mol. The maximum absolute atomic E-state index is 12.2. The van der Waals surface area contributed by atoms with E-state index in [2.05, 4.69) is 51.1 Å². The fourth-order valence-corrected chi connectivity index (χ4v) is 3.42. The molecule has 0 aliphatic rings. The summed E-state index contributed by atoms with van der Waals surface area (Å²) < 4.78 is 1.52. The van der Waals surface area contributed by atoms with E-state index >= 15 is 0 Å². The van der Waals surface area contributed by atoms with Gasteiger partial charge in [-0.1, -0.05) is 13.8 Å². The number of anilines is 3. The normalized spacial score (nSPS) is 10.6. The maximum atomic E-state index is 12.2. The predicted octanol–water partition coefficient (Wildman–Crippen LogP) is 3.30. The number of hydrogen-bond acceptors (Lipinski definition) is 6. The number of hydrogen-bond donors (Lipinski definition) is 4. The van der Waals surface area contributed by atoms with E-state index in [1.165, 1.54) is 10.8 Å². The van der Waals surface area contributed by atoms with Crippen LogP contribution in [0.1, 0.15) is 19.4 Å². The van der Waals surface area contributed by atoms with Gasteiger partial charge in [0, 0.05) is 49.7 Å². The minimum Gasteiger partial charge on any atom is -0.354 e. The molecule has 0 saturated carbocycles. The number of nitrogens with zero attached hydrogens (tertiary/aromatic N) is 4. The first kappa shape index (κ1) is 23.6. The molecule has 3 amide bonds. The molecule has 10 nitrogen and oxygen atoms in total. The lowest BCUT2D eigenvalue weighted by molar-refractivity contribution is 0.245. The van der Waals surface area contributed by atoms with Crippen molar-refractivity contribution in [2.45, 2.75) is 13.8 Å². The number of urea groups is 1. The minimum atomic E-state index is -0.359. The summed E-state index contributed by atoms with van der Waals surface area (Å²) in [7, 11) is 1.58. The van der Waals surface area contributed by atoms with E-state index < -0.39 is 0 Å². The Morgan fingerprint density at radius 2 is 1.97 bits per heavy atom. The highest BCUT2D eigenvalue weighted by Crippen LogP contribution is 2.26. The Morgan fingerprint density at radius 1 is 1.18 bits per heavy atom. The highest BCUT2D eigenvalue weighted by molar-refractivity contribution is 5.93. The number of nitriles is 1. The summed E-state index contributed by atoms with van der Waals surface area (Å²) >= 11 is 0. The number of carbonyl (C=O) groups excluding carboxylic acids is 2. The largest absolute Gasteiger partial charge is 0.354 e. The zero-order valence-electron chi connectivity index (χ0n) is 19.0. The summed E-state index contributed by atoms with van der Waals surface area (Å²) in [5, 5.41) is 21.6. The zero-order chi connectivity index (χ0) is 23.8. The molecular formula is C23H28N8O2. The molecule has 0 saturated heterocycles. The summed E-state index contributed by atoms with van der Waals surface area (Å²) in [6.07, 6.45) is 3.11. The molecule has 4 N–H and O–H groups in total. The number of likely N-dealkylation sites (N-methyl/N-ethyl adjacent to an activating group) is 1. The molecule has 0 fully saturated rings. The van der Waals surface area contributed by atoms with Gasteiger partial charge in [-0.2, -0.15) is 5.26 Å². The number of nitrogens with one attached hydrogen (secondary N) is 4. The molecule has 1 aromatic carbocycles. The molecule has 0 spiro atoms. The Labute approximate surface area is 192 Å². The predicted molar refractivity (Wildman–Crippen MR) is 129 cm³/mol. The van der Waals surface area contributed by atoms with E-state index in [1.807, 2.05) is 24.3 Å². The number of carbonyl (C=O) groups is 2. The Bertz CT molecular complexity index is 1180. The second-order valence-corrected chi connectivity index (χ2v) is 7.27. The fraction of sp³-hybridized carbons (Fsp3) is 0.304. The van der Waals surface area contributed by atoms with Gasteiger partial charge >= 0.3 is 12.1 Å². The molecular weight excluding hydrogens is 420 g/mol. The van der Waals surface area contributed by atoms with Crippen molar-refractivity contribution in [3.8, 4) is 6.07 Å². The van der Waals surface area contributed by atoms with Crippen LogP contribution in [0.4, 0.5) is 26.8 Å². The maximum Gasteiger partial charge on any atom is 0.325 e. The van der Waals surface area contributed by atoms with Crippen molar-refractivity contribution in [2.75, 3.05) is 43.9 Å². The van der Waals surface area contributed by atoms with Crippen molar-refractivity contribution in [3.05, 3.63) is 48.3 Å². The second-order valence-electron chi connectivity index (χ2n) is 7.27.